The smallest absolute Gasteiger partial charge is 0.257 e. The van der Waals surface area contributed by atoms with Crippen molar-refractivity contribution in [3.63, 3.8) is 0 Å². The zero-order valence-corrected chi connectivity index (χ0v) is 22.4. The summed E-state index contributed by atoms with van der Waals surface area (Å²) in [6.07, 6.45) is 2.36. The van der Waals surface area contributed by atoms with Crippen molar-refractivity contribution in [1.82, 2.24) is 25.2 Å². The highest BCUT2D eigenvalue weighted by atomic mass is 35.5. The lowest BCUT2D eigenvalue weighted by atomic mass is 10.0. The SMILES string of the molecule is COc1cc2nccc(-c3[nH]c4c(c3Nc3cccc(Cl)c3OC)C(=O)NCC4)c2nc1OCCN(C)C. The van der Waals surface area contributed by atoms with Crippen LogP contribution in [0.2, 0.25) is 5.02 Å². The van der Waals surface area contributed by atoms with Crippen molar-refractivity contribution >= 4 is 39.9 Å². The molecule has 198 valence electrons. The third-order valence-corrected chi connectivity index (χ3v) is 6.60. The van der Waals surface area contributed by atoms with Gasteiger partial charge in [0.1, 0.15) is 12.1 Å². The number of ether oxygens (including phenoxy) is 3. The summed E-state index contributed by atoms with van der Waals surface area (Å²) in [6.45, 7) is 1.70. The lowest BCUT2D eigenvalue weighted by Crippen LogP contribution is -2.31. The molecule has 11 heteroatoms. The zero-order chi connectivity index (χ0) is 26.8. The van der Waals surface area contributed by atoms with E-state index in [1.807, 2.05) is 37.2 Å². The molecular weight excluding hydrogens is 508 g/mol. The van der Waals surface area contributed by atoms with Gasteiger partial charge in [0.15, 0.2) is 11.5 Å². The van der Waals surface area contributed by atoms with Gasteiger partial charge >= 0.3 is 0 Å². The molecule has 0 radical (unpaired) electrons. The van der Waals surface area contributed by atoms with Gasteiger partial charge in [0.05, 0.1) is 47.4 Å². The molecule has 0 saturated carbocycles. The average Bonchev–Trinajstić information content (AvgIpc) is 3.27. The maximum Gasteiger partial charge on any atom is 0.257 e. The number of nitrogens with one attached hydrogen (secondary N) is 3. The predicted octanol–water partition coefficient (Wildman–Crippen LogP) is 4.27. The summed E-state index contributed by atoms with van der Waals surface area (Å²) in [5.41, 5.74) is 5.26. The average molecular weight is 537 g/mol. The fourth-order valence-corrected chi connectivity index (χ4v) is 4.72. The van der Waals surface area contributed by atoms with E-state index in [0.29, 0.717) is 75.6 Å². The highest BCUT2D eigenvalue weighted by molar-refractivity contribution is 6.32. The van der Waals surface area contributed by atoms with Crippen molar-refractivity contribution in [3.05, 3.63) is 52.8 Å². The van der Waals surface area contributed by atoms with Gasteiger partial charge in [-0.25, -0.2) is 4.98 Å². The molecule has 0 unspecified atom stereocenters. The first-order chi connectivity index (χ1) is 18.4. The first kappa shape index (κ1) is 25.6. The molecule has 38 heavy (non-hydrogen) atoms. The maximum absolute atomic E-state index is 13.0. The maximum atomic E-state index is 13.0. The van der Waals surface area contributed by atoms with E-state index in [9.17, 15) is 4.79 Å². The number of likely N-dealkylation sites (N-methyl/N-ethyl adjacent to an activating group) is 1. The molecule has 0 atom stereocenters. The van der Waals surface area contributed by atoms with Crippen molar-refractivity contribution in [2.45, 2.75) is 6.42 Å². The normalized spacial score (nSPS) is 12.8. The van der Waals surface area contributed by atoms with Crippen LogP contribution in [-0.2, 0) is 6.42 Å². The largest absolute Gasteiger partial charge is 0.493 e. The number of carbonyl (C=O) groups is 1. The zero-order valence-electron chi connectivity index (χ0n) is 21.6. The number of anilines is 2. The second kappa shape index (κ2) is 10.8. The molecule has 10 nitrogen and oxygen atoms in total. The number of aromatic amines is 1. The van der Waals surface area contributed by atoms with Crippen LogP contribution in [0.1, 0.15) is 16.1 Å². The number of methoxy groups -OCH3 is 2. The van der Waals surface area contributed by atoms with E-state index in [0.717, 1.165) is 17.8 Å². The fraction of sp³-hybridized carbons (Fsp3) is 0.296. The van der Waals surface area contributed by atoms with Crippen LogP contribution in [0.15, 0.2) is 36.5 Å². The molecule has 3 aromatic heterocycles. The number of nitrogens with zero attached hydrogens (tertiary/aromatic N) is 3. The van der Waals surface area contributed by atoms with Crippen LogP contribution in [-0.4, -0.2) is 73.8 Å². The number of halogens is 1. The summed E-state index contributed by atoms with van der Waals surface area (Å²) in [6, 6.07) is 9.08. The van der Waals surface area contributed by atoms with Crippen molar-refractivity contribution < 1.29 is 19.0 Å². The Bertz CT molecular complexity index is 1500. The molecule has 0 spiro atoms. The number of benzene rings is 1. The lowest BCUT2D eigenvalue weighted by Gasteiger charge is -2.17. The molecule has 3 N–H and O–H groups in total. The molecule has 1 aliphatic rings. The third-order valence-electron chi connectivity index (χ3n) is 6.31. The number of aromatic nitrogens is 3. The van der Waals surface area contributed by atoms with Gasteiger partial charge in [-0.05, 0) is 32.3 Å². The molecule has 0 aliphatic carbocycles. The highest BCUT2D eigenvalue weighted by Gasteiger charge is 2.29. The van der Waals surface area contributed by atoms with Crippen molar-refractivity contribution in [1.29, 1.82) is 0 Å². The van der Waals surface area contributed by atoms with Crippen LogP contribution in [0.4, 0.5) is 11.4 Å². The Balaban J connectivity index is 1.68. The second-order valence-electron chi connectivity index (χ2n) is 9.05. The Morgan fingerprint density at radius 2 is 2.03 bits per heavy atom. The fourth-order valence-electron chi connectivity index (χ4n) is 4.47. The van der Waals surface area contributed by atoms with Crippen LogP contribution in [0.3, 0.4) is 0 Å². The summed E-state index contributed by atoms with van der Waals surface area (Å²) in [5, 5.41) is 6.80. The van der Waals surface area contributed by atoms with Gasteiger partial charge in [0.2, 0.25) is 0 Å². The summed E-state index contributed by atoms with van der Waals surface area (Å²) in [5.74, 6) is 1.17. The highest BCUT2D eigenvalue weighted by Crippen LogP contribution is 2.42. The number of carbonyl (C=O) groups excluding carboxylic acids is 1. The molecular formula is C27H29ClN6O4. The minimum atomic E-state index is -0.169. The Labute approximate surface area is 225 Å². The van der Waals surface area contributed by atoms with E-state index in [4.69, 9.17) is 30.8 Å². The van der Waals surface area contributed by atoms with E-state index in [1.54, 1.807) is 32.5 Å². The Kier molecular flexibility index (Phi) is 7.26. The van der Waals surface area contributed by atoms with Crippen LogP contribution < -0.4 is 24.8 Å². The number of fused-ring (bicyclic) bond motifs is 2. The minimum absolute atomic E-state index is 0.169. The van der Waals surface area contributed by atoms with Gasteiger partial charge in [0, 0.05) is 43.0 Å². The van der Waals surface area contributed by atoms with E-state index < -0.39 is 0 Å². The second-order valence-corrected chi connectivity index (χ2v) is 9.46. The summed E-state index contributed by atoms with van der Waals surface area (Å²) in [4.78, 5) is 27.9. The molecule has 1 aromatic carbocycles. The summed E-state index contributed by atoms with van der Waals surface area (Å²) < 4.78 is 17.1. The van der Waals surface area contributed by atoms with E-state index in [-0.39, 0.29) is 5.91 Å². The van der Waals surface area contributed by atoms with Gasteiger partial charge in [-0.1, -0.05) is 17.7 Å². The molecule has 0 saturated heterocycles. The Morgan fingerprint density at radius 1 is 1.18 bits per heavy atom. The Morgan fingerprint density at radius 3 is 2.79 bits per heavy atom. The first-order valence-corrected chi connectivity index (χ1v) is 12.5. The third kappa shape index (κ3) is 4.80. The number of hydrogen-bond donors (Lipinski definition) is 3. The van der Waals surface area contributed by atoms with Gasteiger partial charge in [-0.2, -0.15) is 0 Å². The Hall–Kier alpha value is -4.02. The molecule has 4 heterocycles. The number of amides is 1. The predicted molar refractivity (Wildman–Crippen MR) is 147 cm³/mol. The quantitative estimate of drug-likeness (QED) is 0.291. The number of rotatable bonds is 9. The number of pyridine rings is 2. The van der Waals surface area contributed by atoms with Gasteiger partial charge in [0.25, 0.3) is 11.8 Å². The molecule has 1 aliphatic heterocycles. The van der Waals surface area contributed by atoms with Crippen LogP contribution >= 0.6 is 11.6 Å². The number of para-hydroxylation sites is 1. The van der Waals surface area contributed by atoms with Crippen LogP contribution in [0.25, 0.3) is 22.3 Å². The summed E-state index contributed by atoms with van der Waals surface area (Å²) >= 11 is 6.38. The van der Waals surface area contributed by atoms with Gasteiger partial charge in [-0.15, -0.1) is 0 Å². The van der Waals surface area contributed by atoms with Crippen molar-refractivity contribution in [2.24, 2.45) is 0 Å². The van der Waals surface area contributed by atoms with Crippen molar-refractivity contribution in [3.8, 4) is 28.6 Å². The minimum Gasteiger partial charge on any atom is -0.493 e. The van der Waals surface area contributed by atoms with Gasteiger partial charge < -0.3 is 34.7 Å². The van der Waals surface area contributed by atoms with E-state index in [1.165, 1.54) is 0 Å². The topological polar surface area (TPSA) is 114 Å². The van der Waals surface area contributed by atoms with Crippen molar-refractivity contribution in [2.75, 3.05) is 53.3 Å². The monoisotopic (exact) mass is 536 g/mol. The lowest BCUT2D eigenvalue weighted by molar-refractivity contribution is 0.0947. The molecule has 0 bridgehead atoms. The van der Waals surface area contributed by atoms with Crippen LogP contribution in [0.5, 0.6) is 17.4 Å². The molecule has 1 amide bonds. The standard InChI is InChI=1S/C27H29ClN6O4/c1-34(2)12-13-38-27-20(36-3)14-19-22(33-27)15(8-10-29-19)23-24(21-17(31-23)9-11-30-26(21)35)32-18-7-5-6-16(28)25(18)37-4/h5-8,10,14,31-32H,9,11-13H2,1-4H3,(H,30,35). The first-order valence-electron chi connectivity index (χ1n) is 12.2. The number of H-pyrrole nitrogens is 1. The van der Waals surface area contributed by atoms with Crippen LogP contribution in [0, 0.1) is 0 Å². The van der Waals surface area contributed by atoms with E-state index in [2.05, 4.69) is 20.6 Å². The summed E-state index contributed by atoms with van der Waals surface area (Å²) in [7, 11) is 7.08. The van der Waals surface area contributed by atoms with Gasteiger partial charge in [-0.3, -0.25) is 9.78 Å². The molecule has 4 aromatic rings. The number of hydrogen-bond acceptors (Lipinski definition) is 8. The molecule has 0 fully saturated rings. The molecule has 5 rings (SSSR count). The van der Waals surface area contributed by atoms with E-state index >= 15 is 0 Å².